The van der Waals surface area contributed by atoms with Gasteiger partial charge in [0.05, 0.1) is 5.69 Å². The zero-order chi connectivity index (χ0) is 11.0. The van der Waals surface area contributed by atoms with Crippen LogP contribution in [-0.4, -0.2) is 14.9 Å². The largest absolute Gasteiger partial charge is 0.507 e. The maximum absolute atomic E-state index is 9.74. The fraction of sp³-hybridized carbons (Fsp3) is 0.250. The van der Waals surface area contributed by atoms with E-state index >= 15 is 0 Å². The molecule has 2 aromatic rings. The minimum absolute atomic E-state index is 0.277. The molecule has 0 atom stereocenters. The van der Waals surface area contributed by atoms with E-state index in [4.69, 9.17) is 0 Å². The van der Waals surface area contributed by atoms with Gasteiger partial charge in [-0.25, -0.2) is 0 Å². The van der Waals surface area contributed by atoms with Crippen molar-refractivity contribution < 1.29 is 5.11 Å². The lowest BCUT2D eigenvalue weighted by Crippen LogP contribution is -1.92. The predicted molar refractivity (Wildman–Crippen MR) is 59.8 cm³/mol. The number of aromatic hydroxyl groups is 1. The molecule has 0 saturated heterocycles. The van der Waals surface area contributed by atoms with Crippen LogP contribution >= 0.6 is 0 Å². The van der Waals surface area contributed by atoms with Crippen LogP contribution in [-0.2, 0) is 7.05 Å². The van der Waals surface area contributed by atoms with Crippen LogP contribution in [0.2, 0.25) is 0 Å². The molecule has 3 heteroatoms. The van der Waals surface area contributed by atoms with Crippen LogP contribution in [0.25, 0.3) is 11.3 Å². The molecule has 0 aliphatic heterocycles. The van der Waals surface area contributed by atoms with E-state index in [2.05, 4.69) is 5.10 Å². The first-order chi connectivity index (χ1) is 7.08. The highest BCUT2D eigenvalue weighted by Gasteiger charge is 2.08. The summed E-state index contributed by atoms with van der Waals surface area (Å²) >= 11 is 0. The molecule has 0 aliphatic rings. The number of nitrogens with zero attached hydrogens (tertiary/aromatic N) is 2. The molecule has 1 aromatic heterocycles. The topological polar surface area (TPSA) is 38.0 Å². The van der Waals surface area contributed by atoms with Crippen molar-refractivity contribution in [3.8, 4) is 17.0 Å². The summed E-state index contributed by atoms with van der Waals surface area (Å²) in [6, 6.07) is 7.49. The molecule has 0 aliphatic carbocycles. The monoisotopic (exact) mass is 202 g/mol. The maximum atomic E-state index is 9.74. The second kappa shape index (κ2) is 3.42. The van der Waals surface area contributed by atoms with Gasteiger partial charge in [0.1, 0.15) is 5.75 Å². The Morgan fingerprint density at radius 2 is 1.93 bits per heavy atom. The highest BCUT2D eigenvalue weighted by atomic mass is 16.3. The van der Waals surface area contributed by atoms with Gasteiger partial charge in [0.2, 0.25) is 0 Å². The summed E-state index contributed by atoms with van der Waals surface area (Å²) in [7, 11) is 1.89. The molecule has 1 heterocycles. The van der Waals surface area contributed by atoms with Gasteiger partial charge in [0, 0.05) is 18.3 Å². The summed E-state index contributed by atoms with van der Waals surface area (Å²) < 4.78 is 1.80. The second-order valence-corrected chi connectivity index (χ2v) is 3.82. The van der Waals surface area contributed by atoms with Gasteiger partial charge in [-0.2, -0.15) is 5.10 Å². The zero-order valence-corrected chi connectivity index (χ0v) is 9.15. The van der Waals surface area contributed by atoms with E-state index in [0.29, 0.717) is 0 Å². The highest BCUT2D eigenvalue weighted by molar-refractivity contribution is 5.67. The number of hydrogen-bond acceptors (Lipinski definition) is 2. The minimum atomic E-state index is 0.277. The highest BCUT2D eigenvalue weighted by Crippen LogP contribution is 2.29. The maximum Gasteiger partial charge on any atom is 0.125 e. The van der Waals surface area contributed by atoms with E-state index in [1.54, 1.807) is 10.7 Å². The van der Waals surface area contributed by atoms with E-state index in [0.717, 1.165) is 22.5 Å². The number of phenols is 1. The second-order valence-electron chi connectivity index (χ2n) is 3.82. The standard InChI is InChI=1S/C12H14N2O/c1-8-4-5-12(15)10(6-8)11-7-9(2)14(3)13-11/h4-7,15H,1-3H3. The summed E-state index contributed by atoms with van der Waals surface area (Å²) in [6.45, 7) is 3.99. The van der Waals surface area contributed by atoms with Crippen LogP contribution in [0.5, 0.6) is 5.75 Å². The average Bonchev–Trinajstić information content (AvgIpc) is 2.51. The molecule has 1 N–H and O–H groups in total. The SMILES string of the molecule is Cc1ccc(O)c(-c2cc(C)n(C)n2)c1. The minimum Gasteiger partial charge on any atom is -0.507 e. The van der Waals surface area contributed by atoms with Crippen molar-refractivity contribution in [2.75, 3.05) is 0 Å². The number of benzene rings is 1. The summed E-state index contributed by atoms with van der Waals surface area (Å²) in [4.78, 5) is 0. The molecular formula is C12H14N2O. The van der Waals surface area contributed by atoms with Crippen molar-refractivity contribution in [2.45, 2.75) is 13.8 Å². The van der Waals surface area contributed by atoms with Crippen LogP contribution in [0.15, 0.2) is 24.3 Å². The lowest BCUT2D eigenvalue weighted by atomic mass is 10.1. The van der Waals surface area contributed by atoms with Gasteiger partial charge in [0.25, 0.3) is 0 Å². The molecule has 15 heavy (non-hydrogen) atoms. The lowest BCUT2D eigenvalue weighted by Gasteiger charge is -2.01. The van der Waals surface area contributed by atoms with Crippen LogP contribution in [0.3, 0.4) is 0 Å². The van der Waals surface area contributed by atoms with Crippen LogP contribution in [0.1, 0.15) is 11.3 Å². The summed E-state index contributed by atoms with van der Waals surface area (Å²) in [6.07, 6.45) is 0. The Hall–Kier alpha value is -1.77. The van der Waals surface area contributed by atoms with Gasteiger partial charge in [0.15, 0.2) is 0 Å². The number of hydrogen-bond donors (Lipinski definition) is 1. The first kappa shape index (κ1) is 9.77. The van der Waals surface area contributed by atoms with Crippen molar-refractivity contribution in [3.05, 3.63) is 35.5 Å². The third-order valence-corrected chi connectivity index (χ3v) is 2.54. The number of aromatic nitrogens is 2. The van der Waals surface area contributed by atoms with Crippen LogP contribution in [0, 0.1) is 13.8 Å². The summed E-state index contributed by atoms with van der Waals surface area (Å²) in [5.41, 5.74) is 3.80. The molecule has 1 aromatic carbocycles. The van der Waals surface area contributed by atoms with Crippen LogP contribution in [0.4, 0.5) is 0 Å². The van der Waals surface area contributed by atoms with E-state index in [-0.39, 0.29) is 5.75 Å². The number of phenolic OH excluding ortho intramolecular Hbond substituents is 1. The van der Waals surface area contributed by atoms with Crippen molar-refractivity contribution in [3.63, 3.8) is 0 Å². The van der Waals surface area contributed by atoms with Crippen molar-refractivity contribution >= 4 is 0 Å². The Morgan fingerprint density at radius 3 is 2.53 bits per heavy atom. The molecular weight excluding hydrogens is 188 g/mol. The molecule has 0 spiro atoms. The number of aryl methyl sites for hydroxylation is 3. The van der Waals surface area contributed by atoms with Crippen LogP contribution < -0.4 is 0 Å². The first-order valence-corrected chi connectivity index (χ1v) is 4.88. The molecule has 0 radical (unpaired) electrons. The predicted octanol–water partition coefficient (Wildman–Crippen LogP) is 2.41. The smallest absolute Gasteiger partial charge is 0.125 e. The molecule has 0 unspecified atom stereocenters. The Bertz CT molecular complexity index is 481. The van der Waals surface area contributed by atoms with Gasteiger partial charge in [-0.15, -0.1) is 0 Å². The third kappa shape index (κ3) is 1.73. The van der Waals surface area contributed by atoms with E-state index in [9.17, 15) is 5.11 Å². The third-order valence-electron chi connectivity index (χ3n) is 2.54. The lowest BCUT2D eigenvalue weighted by molar-refractivity contribution is 0.477. The Kier molecular flexibility index (Phi) is 2.23. The fourth-order valence-corrected chi connectivity index (χ4v) is 1.55. The van der Waals surface area contributed by atoms with E-state index < -0.39 is 0 Å². The first-order valence-electron chi connectivity index (χ1n) is 4.88. The van der Waals surface area contributed by atoms with E-state index in [1.807, 2.05) is 39.1 Å². The summed E-state index contributed by atoms with van der Waals surface area (Å²) in [5.74, 6) is 0.277. The van der Waals surface area contributed by atoms with Gasteiger partial charge in [-0.05, 0) is 32.0 Å². The molecule has 0 bridgehead atoms. The zero-order valence-electron chi connectivity index (χ0n) is 9.15. The molecule has 2 rings (SSSR count). The van der Waals surface area contributed by atoms with E-state index in [1.165, 1.54) is 0 Å². The molecule has 78 valence electrons. The normalized spacial score (nSPS) is 10.6. The average molecular weight is 202 g/mol. The summed E-state index contributed by atoms with van der Waals surface area (Å²) in [5, 5.41) is 14.1. The van der Waals surface area contributed by atoms with Gasteiger partial charge in [-0.1, -0.05) is 11.6 Å². The van der Waals surface area contributed by atoms with Crippen molar-refractivity contribution in [2.24, 2.45) is 7.05 Å². The Morgan fingerprint density at radius 1 is 1.20 bits per heavy atom. The quantitative estimate of drug-likeness (QED) is 0.771. The van der Waals surface area contributed by atoms with Gasteiger partial charge in [-0.3, -0.25) is 4.68 Å². The number of rotatable bonds is 1. The Balaban J connectivity index is 2.58. The Labute approximate surface area is 89.0 Å². The van der Waals surface area contributed by atoms with Gasteiger partial charge >= 0.3 is 0 Å². The molecule has 3 nitrogen and oxygen atoms in total. The molecule has 0 amide bonds. The fourth-order valence-electron chi connectivity index (χ4n) is 1.55. The molecule has 0 fully saturated rings. The van der Waals surface area contributed by atoms with Crippen molar-refractivity contribution in [1.82, 2.24) is 9.78 Å². The van der Waals surface area contributed by atoms with Gasteiger partial charge < -0.3 is 5.11 Å². The van der Waals surface area contributed by atoms with Crippen molar-refractivity contribution in [1.29, 1.82) is 0 Å². The molecule has 0 saturated carbocycles.